The molecule has 0 atom stereocenters. The molecule has 1 aliphatic rings. The number of fused-ring (bicyclic) bond motifs is 1. The predicted octanol–water partition coefficient (Wildman–Crippen LogP) is 2.10. The van der Waals surface area contributed by atoms with E-state index in [-0.39, 0.29) is 5.91 Å². The molecule has 0 aromatic carbocycles. The number of hydrogen-bond donors (Lipinski definition) is 0. The summed E-state index contributed by atoms with van der Waals surface area (Å²) < 4.78 is 2.83. The van der Waals surface area contributed by atoms with E-state index in [1.165, 1.54) is 0 Å². The summed E-state index contributed by atoms with van der Waals surface area (Å²) in [5.74, 6) is 0.0746. The Kier molecular flexibility index (Phi) is 3.75. The van der Waals surface area contributed by atoms with Gasteiger partial charge in [0, 0.05) is 32.4 Å². The van der Waals surface area contributed by atoms with E-state index >= 15 is 0 Å². The smallest absolute Gasteiger partial charge is 0.272 e. The summed E-state index contributed by atoms with van der Waals surface area (Å²) in [5.41, 5.74) is 3.36. The molecule has 1 saturated heterocycles. The summed E-state index contributed by atoms with van der Waals surface area (Å²) in [5, 5.41) is 0. The number of aromatic nitrogens is 2. The van der Waals surface area contributed by atoms with Crippen LogP contribution in [0.4, 0.5) is 0 Å². The number of imidazole rings is 1. The van der Waals surface area contributed by atoms with Gasteiger partial charge in [0.15, 0.2) is 5.65 Å². The normalized spacial score (nSPS) is 16.7. The van der Waals surface area contributed by atoms with Gasteiger partial charge in [0.25, 0.3) is 5.91 Å². The van der Waals surface area contributed by atoms with Crippen molar-refractivity contribution >= 4 is 27.5 Å². The van der Waals surface area contributed by atoms with Crippen molar-refractivity contribution in [1.29, 1.82) is 0 Å². The minimum atomic E-state index is 0.0746. The molecule has 0 saturated carbocycles. The number of carbonyl (C=O) groups excluding carboxylic acids is 1. The second-order valence-corrected chi connectivity index (χ2v) is 6.55. The van der Waals surface area contributed by atoms with E-state index in [0.717, 1.165) is 47.6 Å². The number of rotatable bonds is 1. The van der Waals surface area contributed by atoms with Crippen LogP contribution in [0.15, 0.2) is 16.7 Å². The lowest BCUT2D eigenvalue weighted by atomic mass is 10.2. The van der Waals surface area contributed by atoms with Crippen LogP contribution < -0.4 is 0 Å². The van der Waals surface area contributed by atoms with Gasteiger partial charge in [0.2, 0.25) is 0 Å². The van der Waals surface area contributed by atoms with Gasteiger partial charge < -0.3 is 9.80 Å². The maximum absolute atomic E-state index is 12.9. The van der Waals surface area contributed by atoms with E-state index < -0.39 is 0 Å². The van der Waals surface area contributed by atoms with Crippen LogP contribution in [-0.4, -0.2) is 58.3 Å². The number of amides is 1. The van der Waals surface area contributed by atoms with Gasteiger partial charge in [-0.1, -0.05) is 0 Å². The summed E-state index contributed by atoms with van der Waals surface area (Å²) in [6, 6.07) is 2.02. The number of halogens is 1. The highest BCUT2D eigenvalue weighted by Gasteiger charge is 2.25. The molecule has 112 valence electrons. The van der Waals surface area contributed by atoms with E-state index in [2.05, 4.69) is 32.9 Å². The van der Waals surface area contributed by atoms with Gasteiger partial charge in [-0.15, -0.1) is 0 Å². The lowest BCUT2D eigenvalue weighted by molar-refractivity contribution is 0.0656. The zero-order valence-electron chi connectivity index (χ0n) is 12.6. The van der Waals surface area contributed by atoms with Crippen LogP contribution in [0.1, 0.15) is 21.7 Å². The highest BCUT2D eigenvalue weighted by Crippen LogP contribution is 2.23. The molecule has 2 aromatic heterocycles. The van der Waals surface area contributed by atoms with Crippen LogP contribution in [0, 0.1) is 13.8 Å². The summed E-state index contributed by atoms with van der Waals surface area (Å²) in [6.45, 7) is 7.31. The third kappa shape index (κ3) is 2.58. The molecule has 0 bridgehead atoms. The molecule has 0 aliphatic carbocycles. The summed E-state index contributed by atoms with van der Waals surface area (Å²) in [6.07, 6.45) is 1.98. The van der Waals surface area contributed by atoms with E-state index in [4.69, 9.17) is 0 Å². The molecular weight excluding hydrogens is 332 g/mol. The second-order valence-electron chi connectivity index (χ2n) is 5.70. The van der Waals surface area contributed by atoms with Crippen molar-refractivity contribution < 1.29 is 4.79 Å². The van der Waals surface area contributed by atoms with E-state index in [1.807, 2.05) is 35.4 Å². The molecule has 1 fully saturated rings. The first-order chi connectivity index (χ1) is 9.97. The third-order valence-corrected chi connectivity index (χ3v) is 4.56. The van der Waals surface area contributed by atoms with E-state index in [9.17, 15) is 4.79 Å². The molecule has 0 radical (unpaired) electrons. The molecule has 21 heavy (non-hydrogen) atoms. The lowest BCUT2D eigenvalue weighted by Crippen LogP contribution is -2.47. The topological polar surface area (TPSA) is 40.9 Å². The fourth-order valence-electron chi connectivity index (χ4n) is 2.76. The van der Waals surface area contributed by atoms with Gasteiger partial charge in [0.05, 0.1) is 10.2 Å². The van der Waals surface area contributed by atoms with Gasteiger partial charge in [-0.2, -0.15) is 0 Å². The average Bonchev–Trinajstić information content (AvgIpc) is 2.75. The number of likely N-dealkylation sites (N-methyl/N-ethyl adjacent to an activating group) is 1. The molecule has 0 spiro atoms. The van der Waals surface area contributed by atoms with Gasteiger partial charge in [-0.3, -0.25) is 9.20 Å². The summed E-state index contributed by atoms with van der Waals surface area (Å²) in [7, 11) is 2.09. The van der Waals surface area contributed by atoms with Gasteiger partial charge in [0.1, 0.15) is 5.69 Å². The first-order valence-electron chi connectivity index (χ1n) is 7.10. The Bertz CT molecular complexity index is 701. The van der Waals surface area contributed by atoms with E-state index in [0.29, 0.717) is 5.69 Å². The van der Waals surface area contributed by atoms with Crippen LogP contribution in [0.25, 0.3) is 5.65 Å². The molecule has 3 heterocycles. The summed E-state index contributed by atoms with van der Waals surface area (Å²) in [4.78, 5) is 21.6. The van der Waals surface area contributed by atoms with Crippen molar-refractivity contribution in [1.82, 2.24) is 19.2 Å². The Morgan fingerprint density at radius 1 is 1.24 bits per heavy atom. The Balaban J connectivity index is 2.03. The van der Waals surface area contributed by atoms with Crippen LogP contribution in [-0.2, 0) is 0 Å². The fraction of sp³-hybridized carbons (Fsp3) is 0.467. The van der Waals surface area contributed by atoms with E-state index in [1.54, 1.807) is 0 Å². The molecule has 6 heteroatoms. The standard InChI is InChI=1S/C15H19BrN4O/c1-10-8-12(16)14-17-11(2)13(20(14)9-10)15(21)19-6-4-18(3)5-7-19/h8-9H,4-7H2,1-3H3. The Labute approximate surface area is 132 Å². The fourth-order valence-corrected chi connectivity index (χ4v) is 3.40. The highest BCUT2D eigenvalue weighted by atomic mass is 79.9. The first-order valence-corrected chi connectivity index (χ1v) is 7.89. The van der Waals surface area contributed by atoms with Crippen LogP contribution >= 0.6 is 15.9 Å². The number of pyridine rings is 1. The number of piperazine rings is 1. The van der Waals surface area contributed by atoms with Gasteiger partial charge in [-0.25, -0.2) is 4.98 Å². The Morgan fingerprint density at radius 3 is 2.57 bits per heavy atom. The molecular formula is C15H19BrN4O. The minimum Gasteiger partial charge on any atom is -0.335 e. The molecule has 1 amide bonds. The second kappa shape index (κ2) is 5.42. The number of aryl methyl sites for hydroxylation is 2. The number of carbonyl (C=O) groups is 1. The molecule has 2 aromatic rings. The molecule has 1 aliphatic heterocycles. The lowest BCUT2D eigenvalue weighted by Gasteiger charge is -2.32. The predicted molar refractivity (Wildman–Crippen MR) is 85.8 cm³/mol. The van der Waals surface area contributed by atoms with Gasteiger partial charge in [-0.05, 0) is 48.5 Å². The third-order valence-electron chi connectivity index (χ3n) is 3.98. The van der Waals surface area contributed by atoms with Crippen LogP contribution in [0.2, 0.25) is 0 Å². The van der Waals surface area contributed by atoms with Crippen molar-refractivity contribution in [2.75, 3.05) is 33.2 Å². The Hall–Kier alpha value is -1.40. The zero-order chi connectivity index (χ0) is 15.1. The van der Waals surface area contributed by atoms with Crippen LogP contribution in [0.5, 0.6) is 0 Å². The van der Waals surface area contributed by atoms with Crippen LogP contribution in [0.3, 0.4) is 0 Å². The van der Waals surface area contributed by atoms with Crippen molar-refractivity contribution in [2.45, 2.75) is 13.8 Å². The van der Waals surface area contributed by atoms with Crippen molar-refractivity contribution in [3.05, 3.63) is 33.7 Å². The van der Waals surface area contributed by atoms with Gasteiger partial charge >= 0.3 is 0 Å². The van der Waals surface area contributed by atoms with Crippen molar-refractivity contribution in [3.63, 3.8) is 0 Å². The Morgan fingerprint density at radius 2 is 1.90 bits per heavy atom. The molecule has 5 nitrogen and oxygen atoms in total. The number of hydrogen-bond acceptors (Lipinski definition) is 3. The van der Waals surface area contributed by atoms with Crippen molar-refractivity contribution in [3.8, 4) is 0 Å². The van der Waals surface area contributed by atoms with Crippen molar-refractivity contribution in [2.24, 2.45) is 0 Å². The molecule has 0 N–H and O–H groups in total. The summed E-state index contributed by atoms with van der Waals surface area (Å²) >= 11 is 3.53. The maximum atomic E-state index is 12.9. The maximum Gasteiger partial charge on any atom is 0.272 e. The SMILES string of the molecule is Cc1cc(Br)c2nc(C)c(C(=O)N3CCN(C)CC3)n2c1. The zero-order valence-corrected chi connectivity index (χ0v) is 14.1. The molecule has 0 unspecified atom stereocenters. The first kappa shape index (κ1) is 14.5. The molecule has 3 rings (SSSR count). The largest absolute Gasteiger partial charge is 0.335 e. The minimum absolute atomic E-state index is 0.0746. The highest BCUT2D eigenvalue weighted by molar-refractivity contribution is 9.10. The quantitative estimate of drug-likeness (QED) is 0.790. The number of nitrogens with zero attached hydrogens (tertiary/aromatic N) is 4. The monoisotopic (exact) mass is 350 g/mol. The average molecular weight is 351 g/mol.